The van der Waals surface area contributed by atoms with Crippen LogP contribution in [-0.2, 0) is 6.54 Å². The SMILES string of the molecule is C(=C\c1nc(-c2ccccc2)c(-c2ccccc2)n1C1CCN(Cc2ccccc2)CC1)/c1ccc(-c2ccc(N(c3ccccc3)c3ccccc3)cc2)cc1. The van der Waals surface area contributed by atoms with Crippen LogP contribution >= 0.6 is 0 Å². The summed E-state index contributed by atoms with van der Waals surface area (Å²) >= 11 is 0. The van der Waals surface area contributed by atoms with Crippen molar-refractivity contribution < 1.29 is 0 Å². The Labute approximate surface area is 336 Å². The molecule has 4 heteroatoms. The molecule has 0 spiro atoms. The van der Waals surface area contributed by atoms with E-state index in [4.69, 9.17) is 4.98 Å². The normalized spacial score (nSPS) is 13.5. The van der Waals surface area contributed by atoms with Gasteiger partial charge in [0.2, 0.25) is 0 Å². The lowest BCUT2D eigenvalue weighted by Gasteiger charge is -2.34. The summed E-state index contributed by atoms with van der Waals surface area (Å²) in [5.74, 6) is 0.996. The largest absolute Gasteiger partial charge is 0.321 e. The highest BCUT2D eigenvalue weighted by molar-refractivity contribution is 5.82. The molecule has 1 aromatic heterocycles. The van der Waals surface area contributed by atoms with Crippen LogP contribution in [0.2, 0.25) is 0 Å². The number of imidazole rings is 1. The molecule has 4 nitrogen and oxygen atoms in total. The van der Waals surface area contributed by atoms with Crippen molar-refractivity contribution in [1.82, 2.24) is 14.5 Å². The molecule has 0 bridgehead atoms. The fourth-order valence-corrected chi connectivity index (χ4v) is 8.15. The van der Waals surface area contributed by atoms with E-state index in [1.807, 2.05) is 0 Å². The summed E-state index contributed by atoms with van der Waals surface area (Å²) in [7, 11) is 0. The molecule has 8 aromatic rings. The van der Waals surface area contributed by atoms with Crippen LogP contribution in [0.3, 0.4) is 0 Å². The first-order valence-electron chi connectivity index (χ1n) is 20.0. The quantitative estimate of drug-likeness (QED) is 0.132. The summed E-state index contributed by atoms with van der Waals surface area (Å²) in [4.78, 5) is 10.3. The lowest BCUT2D eigenvalue weighted by Crippen LogP contribution is -2.34. The van der Waals surface area contributed by atoms with Gasteiger partial charge in [-0.3, -0.25) is 4.90 Å². The molecular weight excluding hydrogens is 693 g/mol. The number of para-hydroxylation sites is 2. The highest BCUT2D eigenvalue weighted by Gasteiger charge is 2.28. The van der Waals surface area contributed by atoms with E-state index in [9.17, 15) is 0 Å². The molecule has 0 saturated carbocycles. The molecular formula is C53H46N4. The van der Waals surface area contributed by atoms with Crippen LogP contribution in [-0.4, -0.2) is 27.5 Å². The predicted octanol–water partition coefficient (Wildman–Crippen LogP) is 13.4. The van der Waals surface area contributed by atoms with Crippen LogP contribution < -0.4 is 4.90 Å². The Morgan fingerprint density at radius 2 is 0.947 bits per heavy atom. The van der Waals surface area contributed by atoms with E-state index in [-0.39, 0.29) is 0 Å². The molecule has 9 rings (SSSR count). The zero-order chi connectivity index (χ0) is 38.2. The summed E-state index contributed by atoms with van der Waals surface area (Å²) in [6.45, 7) is 3.09. The van der Waals surface area contributed by atoms with E-state index in [0.29, 0.717) is 6.04 Å². The number of piperidine rings is 1. The number of hydrogen-bond donors (Lipinski definition) is 0. The number of aromatic nitrogens is 2. The van der Waals surface area contributed by atoms with Gasteiger partial charge in [-0.25, -0.2) is 4.98 Å². The van der Waals surface area contributed by atoms with Crippen molar-refractivity contribution >= 4 is 29.2 Å². The van der Waals surface area contributed by atoms with E-state index >= 15 is 0 Å². The summed E-state index contributed by atoms with van der Waals surface area (Å²) in [6.07, 6.45) is 6.58. The van der Waals surface area contributed by atoms with Gasteiger partial charge in [0.25, 0.3) is 0 Å². The lowest BCUT2D eigenvalue weighted by molar-refractivity contribution is 0.180. The minimum atomic E-state index is 0.335. The number of nitrogens with zero attached hydrogens (tertiary/aromatic N) is 4. The van der Waals surface area contributed by atoms with Gasteiger partial charge in [-0.15, -0.1) is 0 Å². The van der Waals surface area contributed by atoms with Gasteiger partial charge in [0.15, 0.2) is 0 Å². The van der Waals surface area contributed by atoms with Gasteiger partial charge in [-0.1, -0.05) is 170 Å². The highest BCUT2D eigenvalue weighted by atomic mass is 15.2. The van der Waals surface area contributed by atoms with E-state index in [1.54, 1.807) is 0 Å². The number of likely N-dealkylation sites (tertiary alicyclic amines) is 1. The molecule has 0 atom stereocenters. The van der Waals surface area contributed by atoms with Crippen LogP contribution in [0.1, 0.15) is 35.8 Å². The van der Waals surface area contributed by atoms with Crippen molar-refractivity contribution in [3.63, 3.8) is 0 Å². The number of benzene rings is 7. The molecule has 1 saturated heterocycles. The van der Waals surface area contributed by atoms with Crippen molar-refractivity contribution in [3.8, 4) is 33.6 Å². The topological polar surface area (TPSA) is 24.3 Å². The Balaban J connectivity index is 1.00. The molecule has 0 N–H and O–H groups in total. The fourth-order valence-electron chi connectivity index (χ4n) is 8.15. The molecule has 1 aliphatic rings. The Morgan fingerprint density at radius 3 is 1.51 bits per heavy atom. The minimum Gasteiger partial charge on any atom is -0.321 e. The van der Waals surface area contributed by atoms with Crippen LogP contribution in [0.15, 0.2) is 200 Å². The minimum absolute atomic E-state index is 0.335. The van der Waals surface area contributed by atoms with E-state index < -0.39 is 0 Å². The standard InChI is InChI=1S/C53H46N4/c1-6-16-42(17-7-1)40-55-38-36-50(37-39-55)57-51(54-52(45-18-8-2-9-19-45)53(57)46-20-10-3-11-21-46)35-28-41-26-29-43(30-27-41)44-31-33-49(34-32-44)56(47-22-12-4-13-23-47)48-24-14-5-15-25-48/h1-35,50H,36-40H2/b35-28+. The first kappa shape index (κ1) is 35.9. The maximum atomic E-state index is 5.42. The summed E-state index contributed by atoms with van der Waals surface area (Å²) in [5.41, 5.74) is 12.8. The first-order chi connectivity index (χ1) is 28.3. The van der Waals surface area contributed by atoms with Crippen molar-refractivity contribution in [2.75, 3.05) is 18.0 Å². The number of hydrogen-bond acceptors (Lipinski definition) is 3. The van der Waals surface area contributed by atoms with Crippen molar-refractivity contribution in [2.45, 2.75) is 25.4 Å². The van der Waals surface area contributed by atoms with E-state index in [2.05, 4.69) is 227 Å². The van der Waals surface area contributed by atoms with Crippen LogP contribution in [0.5, 0.6) is 0 Å². The third-order valence-electron chi connectivity index (χ3n) is 11.0. The third-order valence-corrected chi connectivity index (χ3v) is 11.0. The Hall–Kier alpha value is -6.75. The zero-order valence-electron chi connectivity index (χ0n) is 32.1. The van der Waals surface area contributed by atoms with Crippen LogP contribution in [0.25, 0.3) is 45.8 Å². The molecule has 0 unspecified atom stereocenters. The lowest BCUT2D eigenvalue weighted by atomic mass is 10.0. The molecule has 1 fully saturated rings. The van der Waals surface area contributed by atoms with E-state index in [0.717, 1.165) is 72.2 Å². The molecule has 7 aromatic carbocycles. The summed E-state index contributed by atoms with van der Waals surface area (Å²) in [6, 6.07) is 71.5. The van der Waals surface area contributed by atoms with Gasteiger partial charge >= 0.3 is 0 Å². The Kier molecular flexibility index (Phi) is 10.7. The second kappa shape index (κ2) is 16.9. The molecule has 0 amide bonds. The summed E-state index contributed by atoms with van der Waals surface area (Å²) < 4.78 is 2.54. The number of anilines is 3. The fraction of sp³-hybridized carbons (Fsp3) is 0.113. The van der Waals surface area contributed by atoms with Gasteiger partial charge in [0, 0.05) is 53.9 Å². The summed E-state index contributed by atoms with van der Waals surface area (Å²) in [5, 5.41) is 0. The van der Waals surface area contributed by atoms with E-state index in [1.165, 1.54) is 27.9 Å². The Morgan fingerprint density at radius 1 is 0.474 bits per heavy atom. The second-order valence-corrected chi connectivity index (χ2v) is 14.8. The molecule has 278 valence electrons. The van der Waals surface area contributed by atoms with Gasteiger partial charge in [-0.2, -0.15) is 0 Å². The molecule has 57 heavy (non-hydrogen) atoms. The Bertz CT molecular complexity index is 2460. The van der Waals surface area contributed by atoms with Crippen LogP contribution in [0, 0.1) is 0 Å². The van der Waals surface area contributed by atoms with Gasteiger partial charge in [0.1, 0.15) is 5.82 Å². The third kappa shape index (κ3) is 8.14. The zero-order valence-corrected chi connectivity index (χ0v) is 32.1. The average Bonchev–Trinajstić information content (AvgIpc) is 3.68. The van der Waals surface area contributed by atoms with Crippen molar-refractivity contribution in [3.05, 3.63) is 217 Å². The van der Waals surface area contributed by atoms with Gasteiger partial charge in [0.05, 0.1) is 11.4 Å². The van der Waals surface area contributed by atoms with Crippen molar-refractivity contribution in [2.24, 2.45) is 0 Å². The van der Waals surface area contributed by atoms with Gasteiger partial charge in [-0.05, 0) is 77.6 Å². The second-order valence-electron chi connectivity index (χ2n) is 14.8. The smallest absolute Gasteiger partial charge is 0.134 e. The molecule has 0 radical (unpaired) electrons. The monoisotopic (exact) mass is 738 g/mol. The van der Waals surface area contributed by atoms with Crippen LogP contribution in [0.4, 0.5) is 17.1 Å². The number of rotatable bonds is 11. The molecule has 0 aliphatic carbocycles. The maximum Gasteiger partial charge on any atom is 0.134 e. The predicted molar refractivity (Wildman–Crippen MR) is 239 cm³/mol. The van der Waals surface area contributed by atoms with Crippen molar-refractivity contribution in [1.29, 1.82) is 0 Å². The first-order valence-corrected chi connectivity index (χ1v) is 20.0. The molecule has 1 aliphatic heterocycles. The molecule has 2 heterocycles. The highest BCUT2D eigenvalue weighted by Crippen LogP contribution is 2.39. The van der Waals surface area contributed by atoms with Gasteiger partial charge < -0.3 is 9.47 Å². The maximum absolute atomic E-state index is 5.42. The average molecular weight is 739 g/mol.